The lowest BCUT2D eigenvalue weighted by molar-refractivity contribution is -0.142. The first-order valence-corrected chi connectivity index (χ1v) is 7.57. The molecule has 0 radical (unpaired) electrons. The van der Waals surface area contributed by atoms with Gasteiger partial charge in [-0.2, -0.15) is 5.10 Å². The van der Waals surface area contributed by atoms with Crippen LogP contribution in [0.1, 0.15) is 25.8 Å². The van der Waals surface area contributed by atoms with E-state index in [1.165, 1.54) is 0 Å². The van der Waals surface area contributed by atoms with Crippen molar-refractivity contribution in [3.05, 3.63) is 48.3 Å². The molecule has 1 amide bonds. The summed E-state index contributed by atoms with van der Waals surface area (Å²) in [5.74, 6) is -1.13. The van der Waals surface area contributed by atoms with Crippen molar-refractivity contribution >= 4 is 11.9 Å². The highest BCUT2D eigenvalue weighted by Crippen LogP contribution is 2.09. The Balaban J connectivity index is 1.98. The Bertz CT molecular complexity index is 665. The van der Waals surface area contributed by atoms with E-state index in [1.807, 2.05) is 44.2 Å². The number of nitrogens with zero attached hydrogens (tertiary/aromatic N) is 2. The predicted octanol–water partition coefficient (Wildman–Crippen LogP) is 2.03. The second-order valence-electron chi connectivity index (χ2n) is 5.89. The van der Waals surface area contributed by atoms with Gasteiger partial charge in [0.15, 0.2) is 0 Å². The fourth-order valence-corrected chi connectivity index (χ4v) is 2.30. The second-order valence-corrected chi connectivity index (χ2v) is 5.89. The van der Waals surface area contributed by atoms with Crippen molar-refractivity contribution in [1.82, 2.24) is 15.1 Å². The summed E-state index contributed by atoms with van der Waals surface area (Å²) < 4.78 is 1.69. The van der Waals surface area contributed by atoms with Crippen molar-refractivity contribution < 1.29 is 14.7 Å². The maximum absolute atomic E-state index is 12.0. The van der Waals surface area contributed by atoms with Crippen LogP contribution in [-0.4, -0.2) is 32.8 Å². The maximum Gasteiger partial charge on any atom is 0.326 e. The van der Waals surface area contributed by atoms with Gasteiger partial charge in [-0.1, -0.05) is 32.0 Å². The van der Waals surface area contributed by atoms with Gasteiger partial charge in [-0.15, -0.1) is 0 Å². The van der Waals surface area contributed by atoms with E-state index in [9.17, 15) is 9.59 Å². The van der Waals surface area contributed by atoms with Crippen molar-refractivity contribution in [2.75, 3.05) is 0 Å². The van der Waals surface area contributed by atoms with E-state index in [0.29, 0.717) is 6.42 Å². The number of carboxylic acids is 1. The molecule has 0 unspecified atom stereocenters. The number of amides is 1. The number of carbonyl (C=O) groups excluding carboxylic acids is 1. The molecule has 0 aliphatic heterocycles. The van der Waals surface area contributed by atoms with Crippen LogP contribution >= 0.6 is 0 Å². The smallest absolute Gasteiger partial charge is 0.326 e. The quantitative estimate of drug-likeness (QED) is 0.819. The van der Waals surface area contributed by atoms with Crippen LogP contribution in [0.4, 0.5) is 0 Å². The van der Waals surface area contributed by atoms with E-state index in [1.54, 1.807) is 17.1 Å². The van der Waals surface area contributed by atoms with Crippen LogP contribution in [-0.2, 0) is 16.0 Å². The maximum atomic E-state index is 12.0. The van der Waals surface area contributed by atoms with E-state index in [-0.39, 0.29) is 18.2 Å². The topological polar surface area (TPSA) is 84.2 Å². The summed E-state index contributed by atoms with van der Waals surface area (Å²) in [7, 11) is 0. The average molecular weight is 315 g/mol. The Labute approximate surface area is 135 Å². The molecule has 122 valence electrons. The van der Waals surface area contributed by atoms with Gasteiger partial charge in [0.1, 0.15) is 6.04 Å². The van der Waals surface area contributed by atoms with Crippen molar-refractivity contribution in [3.8, 4) is 5.69 Å². The van der Waals surface area contributed by atoms with Gasteiger partial charge in [-0.05, 0) is 30.0 Å². The van der Waals surface area contributed by atoms with Crippen LogP contribution < -0.4 is 5.32 Å². The van der Waals surface area contributed by atoms with Crippen LogP contribution in [0.5, 0.6) is 0 Å². The van der Waals surface area contributed by atoms with Gasteiger partial charge in [0, 0.05) is 6.20 Å². The highest BCUT2D eigenvalue weighted by atomic mass is 16.4. The third-order valence-corrected chi connectivity index (χ3v) is 3.36. The molecule has 0 aliphatic carbocycles. The molecule has 2 aromatic rings. The SMILES string of the molecule is CC(C)C[C@@H](NC(=O)Cc1cnn(-c2ccccc2)c1)C(=O)O. The van der Waals surface area contributed by atoms with E-state index in [4.69, 9.17) is 5.11 Å². The molecule has 6 nitrogen and oxygen atoms in total. The number of para-hydroxylation sites is 1. The van der Waals surface area contributed by atoms with E-state index < -0.39 is 12.0 Å². The number of aliphatic carboxylic acids is 1. The third-order valence-electron chi connectivity index (χ3n) is 3.36. The Kier molecular flexibility index (Phi) is 5.51. The predicted molar refractivity (Wildman–Crippen MR) is 86.3 cm³/mol. The summed E-state index contributed by atoms with van der Waals surface area (Å²) in [5, 5.41) is 16.0. The van der Waals surface area contributed by atoms with Gasteiger partial charge in [-0.3, -0.25) is 4.79 Å². The van der Waals surface area contributed by atoms with Crippen LogP contribution in [0.15, 0.2) is 42.7 Å². The molecule has 23 heavy (non-hydrogen) atoms. The standard InChI is InChI=1S/C17H21N3O3/c1-12(2)8-15(17(22)23)19-16(21)9-13-10-18-20(11-13)14-6-4-3-5-7-14/h3-7,10-12,15H,8-9H2,1-2H3,(H,19,21)(H,22,23)/t15-/m1/s1. The number of rotatable bonds is 7. The Hall–Kier alpha value is -2.63. The Morgan fingerprint density at radius 2 is 1.96 bits per heavy atom. The molecule has 1 heterocycles. The van der Waals surface area contributed by atoms with Crippen molar-refractivity contribution in [2.45, 2.75) is 32.7 Å². The zero-order chi connectivity index (χ0) is 16.8. The van der Waals surface area contributed by atoms with Gasteiger partial charge in [-0.25, -0.2) is 9.48 Å². The van der Waals surface area contributed by atoms with Gasteiger partial charge >= 0.3 is 5.97 Å². The summed E-state index contributed by atoms with van der Waals surface area (Å²) in [5.41, 5.74) is 1.64. The fraction of sp³-hybridized carbons (Fsp3) is 0.353. The molecule has 2 rings (SSSR count). The number of aromatic nitrogens is 2. The van der Waals surface area contributed by atoms with Crippen molar-refractivity contribution in [2.24, 2.45) is 5.92 Å². The minimum atomic E-state index is -1.01. The first kappa shape index (κ1) is 16.7. The first-order chi connectivity index (χ1) is 11.0. The van der Waals surface area contributed by atoms with Gasteiger partial charge in [0.25, 0.3) is 0 Å². The molecule has 0 fully saturated rings. The molecule has 1 aromatic heterocycles. The summed E-state index contributed by atoms with van der Waals surface area (Å²) in [6, 6.07) is 8.72. The highest BCUT2D eigenvalue weighted by Gasteiger charge is 2.21. The highest BCUT2D eigenvalue weighted by molar-refractivity contribution is 5.84. The lowest BCUT2D eigenvalue weighted by Gasteiger charge is -2.16. The molecule has 0 bridgehead atoms. The number of carbonyl (C=O) groups is 2. The van der Waals surface area contributed by atoms with Gasteiger partial charge < -0.3 is 10.4 Å². The summed E-state index contributed by atoms with van der Waals surface area (Å²) in [6.45, 7) is 3.85. The number of benzene rings is 1. The molecular weight excluding hydrogens is 294 g/mol. The minimum Gasteiger partial charge on any atom is -0.480 e. The van der Waals surface area contributed by atoms with Crippen LogP contribution in [0.2, 0.25) is 0 Å². The monoisotopic (exact) mass is 315 g/mol. The summed E-state index contributed by atoms with van der Waals surface area (Å²) >= 11 is 0. The normalized spacial score (nSPS) is 12.1. The summed E-state index contributed by atoms with van der Waals surface area (Å²) in [6.07, 6.45) is 3.90. The van der Waals surface area contributed by atoms with Crippen LogP contribution in [0, 0.1) is 5.92 Å². The molecule has 0 spiro atoms. The molecule has 2 N–H and O–H groups in total. The molecule has 0 aliphatic rings. The first-order valence-electron chi connectivity index (χ1n) is 7.57. The Morgan fingerprint density at radius 1 is 1.26 bits per heavy atom. The second kappa shape index (κ2) is 7.58. The number of carboxylic acid groups (broad SMARTS) is 1. The number of nitrogens with one attached hydrogen (secondary N) is 1. The molecule has 1 aromatic carbocycles. The van der Waals surface area contributed by atoms with Crippen LogP contribution in [0.25, 0.3) is 5.69 Å². The zero-order valence-electron chi connectivity index (χ0n) is 13.3. The molecule has 1 atom stereocenters. The molecule has 6 heteroatoms. The third kappa shape index (κ3) is 4.95. The molecule has 0 saturated carbocycles. The molecular formula is C17H21N3O3. The fourth-order valence-electron chi connectivity index (χ4n) is 2.30. The average Bonchev–Trinajstić information content (AvgIpc) is 2.95. The van der Waals surface area contributed by atoms with Gasteiger partial charge in [0.2, 0.25) is 5.91 Å². The molecule has 0 saturated heterocycles. The Morgan fingerprint density at radius 3 is 2.57 bits per heavy atom. The number of hydrogen-bond donors (Lipinski definition) is 2. The van der Waals surface area contributed by atoms with E-state index in [2.05, 4.69) is 10.4 Å². The largest absolute Gasteiger partial charge is 0.480 e. The van der Waals surface area contributed by atoms with E-state index in [0.717, 1.165) is 11.3 Å². The van der Waals surface area contributed by atoms with Crippen LogP contribution in [0.3, 0.4) is 0 Å². The zero-order valence-corrected chi connectivity index (χ0v) is 13.3. The van der Waals surface area contributed by atoms with Crippen molar-refractivity contribution in [3.63, 3.8) is 0 Å². The van der Waals surface area contributed by atoms with E-state index >= 15 is 0 Å². The lowest BCUT2D eigenvalue weighted by atomic mass is 10.0. The van der Waals surface area contributed by atoms with Crippen molar-refractivity contribution in [1.29, 1.82) is 0 Å². The number of hydrogen-bond acceptors (Lipinski definition) is 3. The minimum absolute atomic E-state index is 0.106. The summed E-state index contributed by atoms with van der Waals surface area (Å²) in [4.78, 5) is 23.2. The van der Waals surface area contributed by atoms with Gasteiger partial charge in [0.05, 0.1) is 18.3 Å². The lowest BCUT2D eigenvalue weighted by Crippen LogP contribution is -2.42.